The number of aryl methyl sites for hydroxylation is 3. The fraction of sp³-hybridized carbons (Fsp3) is 0.227. The van der Waals surface area contributed by atoms with Crippen LogP contribution in [-0.4, -0.2) is 29.7 Å². The maximum Gasteiger partial charge on any atom is 0.329 e. The molecule has 2 heterocycles. The van der Waals surface area contributed by atoms with Crippen molar-refractivity contribution in [3.63, 3.8) is 0 Å². The molecule has 2 aromatic carbocycles. The van der Waals surface area contributed by atoms with E-state index < -0.39 is 4.92 Å². The number of imidazole rings is 1. The van der Waals surface area contributed by atoms with Gasteiger partial charge in [0.15, 0.2) is 0 Å². The number of nitrogens with one attached hydrogen (secondary N) is 1. The summed E-state index contributed by atoms with van der Waals surface area (Å²) >= 11 is 0. The molecule has 1 N–H and O–H groups in total. The third kappa shape index (κ3) is 3.89. The van der Waals surface area contributed by atoms with Gasteiger partial charge in [0.05, 0.1) is 27.3 Å². The molecule has 0 bridgehead atoms. The van der Waals surface area contributed by atoms with E-state index in [-0.39, 0.29) is 30.2 Å². The monoisotopic (exact) mass is 434 g/mol. The van der Waals surface area contributed by atoms with Crippen LogP contribution in [0.4, 0.5) is 11.5 Å². The van der Waals surface area contributed by atoms with Crippen LogP contribution in [-0.2, 0) is 17.9 Å². The molecule has 4 rings (SSSR count). The molecule has 0 aliphatic rings. The van der Waals surface area contributed by atoms with E-state index in [2.05, 4.69) is 10.4 Å². The summed E-state index contributed by atoms with van der Waals surface area (Å²) in [5, 5.41) is 18.1. The van der Waals surface area contributed by atoms with Crippen molar-refractivity contribution >= 4 is 28.4 Å². The van der Waals surface area contributed by atoms with E-state index in [0.29, 0.717) is 23.7 Å². The van der Waals surface area contributed by atoms with Crippen LogP contribution < -0.4 is 11.0 Å². The smallest absolute Gasteiger partial charge is 0.311 e. The van der Waals surface area contributed by atoms with E-state index >= 15 is 0 Å². The number of fused-ring (bicyclic) bond motifs is 1. The standard InChI is InChI=1S/C22H22N6O4/c1-3-25-18-6-4-5-7-19(18)26(22(25)30)13-12-21(29)23-20-14-15(2)24-27(20)16-8-10-17(11-9-16)28(31)32/h4-11,14H,3,12-13H2,1-2H3,(H,23,29). The van der Waals surface area contributed by atoms with E-state index in [1.54, 1.807) is 34.3 Å². The normalized spacial score (nSPS) is 11.1. The average molecular weight is 434 g/mol. The van der Waals surface area contributed by atoms with Crippen molar-refractivity contribution in [1.29, 1.82) is 0 Å². The van der Waals surface area contributed by atoms with Crippen molar-refractivity contribution in [2.24, 2.45) is 0 Å². The number of non-ortho nitro benzene ring substituents is 1. The zero-order chi connectivity index (χ0) is 22.8. The van der Waals surface area contributed by atoms with E-state index in [1.165, 1.54) is 16.8 Å². The summed E-state index contributed by atoms with van der Waals surface area (Å²) in [5.41, 5.74) is 2.72. The summed E-state index contributed by atoms with van der Waals surface area (Å²) in [6.45, 7) is 4.48. The van der Waals surface area contributed by atoms with E-state index in [0.717, 1.165) is 11.0 Å². The lowest BCUT2D eigenvalue weighted by molar-refractivity contribution is -0.384. The maximum absolute atomic E-state index is 12.7. The van der Waals surface area contributed by atoms with Crippen molar-refractivity contribution in [2.75, 3.05) is 5.32 Å². The highest BCUT2D eigenvalue weighted by Crippen LogP contribution is 2.20. The van der Waals surface area contributed by atoms with Crippen molar-refractivity contribution in [2.45, 2.75) is 33.4 Å². The second-order valence-corrected chi connectivity index (χ2v) is 7.32. The molecule has 1 amide bonds. The minimum absolute atomic E-state index is 0.0279. The summed E-state index contributed by atoms with van der Waals surface area (Å²) in [4.78, 5) is 35.8. The van der Waals surface area contributed by atoms with Gasteiger partial charge in [-0.05, 0) is 38.1 Å². The molecule has 0 aliphatic carbocycles. The topological polar surface area (TPSA) is 117 Å². The SMILES string of the molecule is CCn1c(=O)n(CCC(=O)Nc2cc(C)nn2-c2ccc([N+](=O)[O-])cc2)c2ccccc21. The number of carbonyl (C=O) groups excluding carboxylic acids is 1. The Kier molecular flexibility index (Phi) is 5.59. The van der Waals surface area contributed by atoms with E-state index in [4.69, 9.17) is 0 Å². The van der Waals surface area contributed by atoms with Crippen molar-refractivity contribution in [1.82, 2.24) is 18.9 Å². The minimum atomic E-state index is -0.474. The lowest BCUT2D eigenvalue weighted by Gasteiger charge is -2.09. The van der Waals surface area contributed by atoms with Gasteiger partial charge in [-0.2, -0.15) is 5.10 Å². The van der Waals surface area contributed by atoms with E-state index in [9.17, 15) is 19.7 Å². The highest BCUT2D eigenvalue weighted by atomic mass is 16.6. The quantitative estimate of drug-likeness (QED) is 0.354. The first-order chi connectivity index (χ1) is 15.4. The Morgan fingerprint density at radius 1 is 1.09 bits per heavy atom. The highest BCUT2D eigenvalue weighted by Gasteiger charge is 2.15. The van der Waals surface area contributed by atoms with Crippen LogP contribution in [0.15, 0.2) is 59.4 Å². The Bertz CT molecular complexity index is 1360. The molecule has 0 saturated heterocycles. The summed E-state index contributed by atoms with van der Waals surface area (Å²) in [5.74, 6) is 0.179. The summed E-state index contributed by atoms with van der Waals surface area (Å²) in [6, 6.07) is 15.1. The molecule has 0 saturated carbocycles. The molecule has 0 fully saturated rings. The zero-order valence-electron chi connectivity index (χ0n) is 17.7. The molecule has 0 spiro atoms. The van der Waals surface area contributed by atoms with Crippen LogP contribution in [0.1, 0.15) is 19.0 Å². The molecular weight excluding hydrogens is 412 g/mol. The van der Waals surface area contributed by atoms with Gasteiger partial charge >= 0.3 is 5.69 Å². The fourth-order valence-corrected chi connectivity index (χ4v) is 3.71. The molecule has 10 heteroatoms. The summed E-state index contributed by atoms with van der Waals surface area (Å²) in [6.07, 6.45) is 0.0993. The average Bonchev–Trinajstić information content (AvgIpc) is 3.28. The number of anilines is 1. The van der Waals surface area contributed by atoms with Crippen molar-refractivity contribution in [3.8, 4) is 5.69 Å². The van der Waals surface area contributed by atoms with Gasteiger partial charge in [0, 0.05) is 37.7 Å². The Hall–Kier alpha value is -4.21. The number of nitro benzene ring substituents is 1. The number of rotatable bonds is 7. The molecule has 0 aliphatic heterocycles. The van der Waals surface area contributed by atoms with Crippen LogP contribution >= 0.6 is 0 Å². The number of nitrogens with zero attached hydrogens (tertiary/aromatic N) is 5. The molecule has 0 atom stereocenters. The second kappa shape index (κ2) is 8.50. The predicted molar refractivity (Wildman–Crippen MR) is 120 cm³/mol. The Labute approximate surface area is 182 Å². The Morgan fingerprint density at radius 2 is 1.75 bits per heavy atom. The van der Waals surface area contributed by atoms with Gasteiger partial charge in [0.2, 0.25) is 5.91 Å². The lowest BCUT2D eigenvalue weighted by Crippen LogP contribution is -2.26. The number of para-hydroxylation sites is 2. The summed E-state index contributed by atoms with van der Waals surface area (Å²) < 4.78 is 4.81. The van der Waals surface area contributed by atoms with Gasteiger partial charge < -0.3 is 5.32 Å². The second-order valence-electron chi connectivity index (χ2n) is 7.32. The Balaban J connectivity index is 1.53. The zero-order valence-corrected chi connectivity index (χ0v) is 17.7. The number of carbonyl (C=O) groups is 1. The first-order valence-corrected chi connectivity index (χ1v) is 10.2. The number of aromatic nitrogens is 4. The van der Waals surface area contributed by atoms with Gasteiger partial charge in [0.25, 0.3) is 5.69 Å². The molecule has 10 nitrogen and oxygen atoms in total. The largest absolute Gasteiger partial charge is 0.329 e. The number of hydrogen-bond acceptors (Lipinski definition) is 5. The first kappa shape index (κ1) is 21.0. The van der Waals surface area contributed by atoms with Crippen molar-refractivity contribution < 1.29 is 9.72 Å². The van der Waals surface area contributed by atoms with Gasteiger partial charge in [-0.1, -0.05) is 12.1 Å². The van der Waals surface area contributed by atoms with Crippen LogP contribution in [0.25, 0.3) is 16.7 Å². The fourth-order valence-electron chi connectivity index (χ4n) is 3.71. The third-order valence-corrected chi connectivity index (χ3v) is 5.21. The minimum Gasteiger partial charge on any atom is -0.311 e. The molecule has 2 aromatic heterocycles. The van der Waals surface area contributed by atoms with Crippen molar-refractivity contribution in [3.05, 3.63) is 80.9 Å². The van der Waals surface area contributed by atoms with Crippen LogP contribution in [0.5, 0.6) is 0 Å². The summed E-state index contributed by atoms with van der Waals surface area (Å²) in [7, 11) is 0. The third-order valence-electron chi connectivity index (χ3n) is 5.21. The number of nitro groups is 1. The number of benzene rings is 2. The molecule has 164 valence electrons. The Morgan fingerprint density at radius 3 is 2.38 bits per heavy atom. The van der Waals surface area contributed by atoms with Crippen LogP contribution in [0.2, 0.25) is 0 Å². The molecule has 32 heavy (non-hydrogen) atoms. The maximum atomic E-state index is 12.7. The molecule has 4 aromatic rings. The van der Waals surface area contributed by atoms with Gasteiger partial charge in [0.1, 0.15) is 5.82 Å². The predicted octanol–water partition coefficient (Wildman–Crippen LogP) is 3.25. The number of amides is 1. The van der Waals surface area contributed by atoms with Gasteiger partial charge in [-0.15, -0.1) is 0 Å². The van der Waals surface area contributed by atoms with Gasteiger partial charge in [-0.3, -0.25) is 24.0 Å². The number of hydrogen-bond donors (Lipinski definition) is 1. The van der Waals surface area contributed by atoms with E-state index in [1.807, 2.05) is 31.2 Å². The lowest BCUT2D eigenvalue weighted by atomic mass is 10.3. The van der Waals surface area contributed by atoms with Crippen LogP contribution in [0.3, 0.4) is 0 Å². The molecular formula is C22H22N6O4. The highest BCUT2D eigenvalue weighted by molar-refractivity contribution is 5.90. The van der Waals surface area contributed by atoms with Gasteiger partial charge in [-0.25, -0.2) is 9.48 Å². The molecule has 0 radical (unpaired) electrons. The first-order valence-electron chi connectivity index (χ1n) is 10.2. The molecule has 0 unspecified atom stereocenters. The van der Waals surface area contributed by atoms with Crippen LogP contribution in [0, 0.1) is 17.0 Å².